The number of aryl methyl sites for hydroxylation is 2. The molecule has 2 aromatic rings. The van der Waals surface area contributed by atoms with Gasteiger partial charge in [-0.25, -0.2) is 0 Å². The maximum Gasteiger partial charge on any atom is 0.119 e. The van der Waals surface area contributed by atoms with E-state index in [0.29, 0.717) is 6.61 Å². The van der Waals surface area contributed by atoms with E-state index in [4.69, 9.17) is 10.5 Å². The van der Waals surface area contributed by atoms with Crippen LogP contribution in [0.2, 0.25) is 0 Å². The van der Waals surface area contributed by atoms with Crippen LogP contribution in [-0.4, -0.2) is 16.4 Å². The average molecular weight is 287 g/mol. The van der Waals surface area contributed by atoms with Crippen molar-refractivity contribution >= 4 is 0 Å². The topological polar surface area (TPSA) is 53.1 Å². The zero-order valence-electron chi connectivity index (χ0n) is 13.2. The normalized spacial score (nSPS) is 12.4. The first kappa shape index (κ1) is 15.6. The molecule has 1 aromatic carbocycles. The molecule has 0 aliphatic rings. The lowest BCUT2D eigenvalue weighted by molar-refractivity contribution is 0.339. The van der Waals surface area contributed by atoms with Crippen molar-refractivity contribution in [1.82, 2.24) is 9.78 Å². The lowest BCUT2D eigenvalue weighted by Crippen LogP contribution is -2.16. The molecule has 1 aromatic heterocycles. The summed E-state index contributed by atoms with van der Waals surface area (Å²) in [5, 5.41) is 4.58. The lowest BCUT2D eigenvalue weighted by Gasteiger charge is -2.14. The summed E-state index contributed by atoms with van der Waals surface area (Å²) in [5.41, 5.74) is 9.79. The van der Waals surface area contributed by atoms with Crippen LogP contribution < -0.4 is 10.5 Å². The fourth-order valence-corrected chi connectivity index (χ4v) is 2.47. The molecule has 0 fully saturated rings. The molecule has 0 amide bonds. The molecule has 1 atom stereocenters. The Labute approximate surface area is 126 Å². The number of ether oxygens (including phenoxy) is 1. The molecule has 2 rings (SSSR count). The third-order valence-corrected chi connectivity index (χ3v) is 3.60. The van der Waals surface area contributed by atoms with Gasteiger partial charge in [0, 0.05) is 24.7 Å². The number of hydrogen-bond donors (Lipinski definition) is 1. The number of hydrogen-bond acceptors (Lipinski definition) is 3. The molecule has 0 saturated heterocycles. The Morgan fingerprint density at radius 1 is 1.24 bits per heavy atom. The molecule has 0 aliphatic carbocycles. The van der Waals surface area contributed by atoms with Crippen molar-refractivity contribution in [2.24, 2.45) is 5.73 Å². The number of nitrogens with zero attached hydrogens (tertiary/aromatic N) is 2. The summed E-state index contributed by atoms with van der Waals surface area (Å²) in [6.45, 7) is 7.76. The Balaban J connectivity index is 2.15. The molecular formula is C17H25N3O. The Kier molecular flexibility index (Phi) is 5.39. The molecular weight excluding hydrogens is 262 g/mol. The highest BCUT2D eigenvalue weighted by molar-refractivity contribution is 5.31. The standard InChI is InChI=1S/C17H25N3O/c1-4-14-11-15(20(5-2)19-14)12-17(18)13-8-7-9-16(10-13)21-6-3/h7-11,17H,4-6,12,18H2,1-3H3. The van der Waals surface area contributed by atoms with Crippen LogP contribution in [0.25, 0.3) is 0 Å². The van der Waals surface area contributed by atoms with Gasteiger partial charge in [-0.1, -0.05) is 19.1 Å². The Morgan fingerprint density at radius 3 is 2.71 bits per heavy atom. The van der Waals surface area contributed by atoms with Crippen LogP contribution in [0, 0.1) is 0 Å². The zero-order valence-corrected chi connectivity index (χ0v) is 13.2. The van der Waals surface area contributed by atoms with Crippen molar-refractivity contribution in [3.05, 3.63) is 47.3 Å². The molecule has 0 aliphatic heterocycles. The maximum atomic E-state index is 6.37. The lowest BCUT2D eigenvalue weighted by atomic mass is 10.0. The van der Waals surface area contributed by atoms with Gasteiger partial charge in [0.2, 0.25) is 0 Å². The summed E-state index contributed by atoms with van der Waals surface area (Å²) in [7, 11) is 0. The van der Waals surface area contributed by atoms with Crippen LogP contribution in [0.1, 0.15) is 43.8 Å². The minimum absolute atomic E-state index is 0.0443. The predicted molar refractivity (Wildman–Crippen MR) is 85.5 cm³/mol. The van der Waals surface area contributed by atoms with Gasteiger partial charge in [-0.3, -0.25) is 4.68 Å². The van der Waals surface area contributed by atoms with E-state index in [0.717, 1.165) is 36.4 Å². The first-order valence-electron chi connectivity index (χ1n) is 7.71. The highest BCUT2D eigenvalue weighted by Crippen LogP contribution is 2.21. The molecule has 21 heavy (non-hydrogen) atoms. The van der Waals surface area contributed by atoms with Gasteiger partial charge in [0.25, 0.3) is 0 Å². The van der Waals surface area contributed by atoms with E-state index in [1.807, 2.05) is 29.8 Å². The van der Waals surface area contributed by atoms with Crippen LogP contribution in [-0.2, 0) is 19.4 Å². The van der Waals surface area contributed by atoms with Crippen molar-refractivity contribution in [2.45, 2.75) is 46.2 Å². The molecule has 1 unspecified atom stereocenters. The highest BCUT2D eigenvalue weighted by atomic mass is 16.5. The summed E-state index contributed by atoms with van der Waals surface area (Å²) < 4.78 is 7.59. The molecule has 114 valence electrons. The van der Waals surface area contributed by atoms with Crippen LogP contribution in [0.15, 0.2) is 30.3 Å². The Bertz CT molecular complexity index is 577. The van der Waals surface area contributed by atoms with E-state index in [-0.39, 0.29) is 6.04 Å². The Hall–Kier alpha value is -1.81. The third kappa shape index (κ3) is 3.85. The van der Waals surface area contributed by atoms with Crippen molar-refractivity contribution in [3.8, 4) is 5.75 Å². The van der Waals surface area contributed by atoms with Crippen LogP contribution in [0.4, 0.5) is 0 Å². The quantitative estimate of drug-likeness (QED) is 0.851. The van der Waals surface area contributed by atoms with Crippen LogP contribution in [0.5, 0.6) is 5.75 Å². The summed E-state index contributed by atoms with van der Waals surface area (Å²) in [5.74, 6) is 0.878. The smallest absolute Gasteiger partial charge is 0.119 e. The summed E-state index contributed by atoms with van der Waals surface area (Å²) in [6.07, 6.45) is 1.74. The van der Waals surface area contributed by atoms with E-state index in [1.54, 1.807) is 0 Å². The number of nitrogens with two attached hydrogens (primary N) is 1. The fraction of sp³-hybridized carbons (Fsp3) is 0.471. The van der Waals surface area contributed by atoms with E-state index in [9.17, 15) is 0 Å². The first-order chi connectivity index (χ1) is 10.2. The predicted octanol–water partition coefficient (Wildman–Crippen LogP) is 3.11. The third-order valence-electron chi connectivity index (χ3n) is 3.60. The van der Waals surface area contributed by atoms with Gasteiger partial charge >= 0.3 is 0 Å². The molecule has 0 radical (unpaired) electrons. The van der Waals surface area contributed by atoms with Gasteiger partial charge in [-0.05, 0) is 44.0 Å². The second-order valence-corrected chi connectivity index (χ2v) is 5.11. The van der Waals surface area contributed by atoms with Gasteiger partial charge in [-0.2, -0.15) is 5.10 Å². The maximum absolute atomic E-state index is 6.37. The summed E-state index contributed by atoms with van der Waals surface area (Å²) >= 11 is 0. The monoisotopic (exact) mass is 287 g/mol. The van der Waals surface area contributed by atoms with Gasteiger partial charge in [0.05, 0.1) is 12.3 Å². The van der Waals surface area contributed by atoms with Crippen molar-refractivity contribution in [1.29, 1.82) is 0 Å². The second kappa shape index (κ2) is 7.27. The van der Waals surface area contributed by atoms with Crippen molar-refractivity contribution < 1.29 is 4.74 Å². The van der Waals surface area contributed by atoms with E-state index in [1.165, 1.54) is 5.69 Å². The zero-order chi connectivity index (χ0) is 15.2. The molecule has 2 N–H and O–H groups in total. The summed E-state index contributed by atoms with van der Waals surface area (Å²) in [4.78, 5) is 0. The number of aromatic nitrogens is 2. The molecule has 1 heterocycles. The van der Waals surface area contributed by atoms with E-state index < -0.39 is 0 Å². The van der Waals surface area contributed by atoms with Gasteiger partial charge < -0.3 is 10.5 Å². The highest BCUT2D eigenvalue weighted by Gasteiger charge is 2.13. The first-order valence-corrected chi connectivity index (χ1v) is 7.71. The fourth-order valence-electron chi connectivity index (χ4n) is 2.47. The van der Waals surface area contributed by atoms with E-state index >= 15 is 0 Å². The number of benzene rings is 1. The molecule has 0 saturated carbocycles. The summed E-state index contributed by atoms with van der Waals surface area (Å²) in [6, 6.07) is 10.2. The molecule has 0 bridgehead atoms. The van der Waals surface area contributed by atoms with Crippen LogP contribution in [0.3, 0.4) is 0 Å². The van der Waals surface area contributed by atoms with Crippen LogP contribution >= 0.6 is 0 Å². The van der Waals surface area contributed by atoms with Gasteiger partial charge in [0.15, 0.2) is 0 Å². The minimum Gasteiger partial charge on any atom is -0.494 e. The van der Waals surface area contributed by atoms with Gasteiger partial charge in [0.1, 0.15) is 5.75 Å². The largest absolute Gasteiger partial charge is 0.494 e. The molecule has 0 spiro atoms. The number of rotatable bonds is 7. The van der Waals surface area contributed by atoms with Crippen molar-refractivity contribution in [3.63, 3.8) is 0 Å². The van der Waals surface area contributed by atoms with Gasteiger partial charge in [-0.15, -0.1) is 0 Å². The molecule has 4 nitrogen and oxygen atoms in total. The van der Waals surface area contributed by atoms with E-state index in [2.05, 4.69) is 31.1 Å². The molecule has 4 heteroatoms. The van der Waals surface area contributed by atoms with Crippen molar-refractivity contribution in [2.75, 3.05) is 6.61 Å². The SMILES string of the molecule is CCOc1cccc(C(N)Cc2cc(CC)nn2CC)c1. The minimum atomic E-state index is -0.0443. The Morgan fingerprint density at radius 2 is 2.05 bits per heavy atom. The average Bonchev–Trinajstić information content (AvgIpc) is 2.90. The second-order valence-electron chi connectivity index (χ2n) is 5.11.